The van der Waals surface area contributed by atoms with Gasteiger partial charge in [0.05, 0.1) is 17.2 Å². The van der Waals surface area contributed by atoms with E-state index in [4.69, 9.17) is 10.5 Å². The third-order valence-electron chi connectivity index (χ3n) is 3.00. The van der Waals surface area contributed by atoms with E-state index in [-0.39, 0.29) is 0 Å². The molecule has 0 amide bonds. The van der Waals surface area contributed by atoms with Gasteiger partial charge in [0, 0.05) is 25.0 Å². The number of hydrogen-bond donors (Lipinski definition) is 1. The van der Waals surface area contributed by atoms with Crippen molar-refractivity contribution in [2.45, 2.75) is 6.61 Å². The van der Waals surface area contributed by atoms with Crippen LogP contribution in [0.1, 0.15) is 5.82 Å². The van der Waals surface area contributed by atoms with E-state index in [1.54, 1.807) is 18.5 Å². The van der Waals surface area contributed by atoms with Gasteiger partial charge in [0.1, 0.15) is 18.2 Å². The second kappa shape index (κ2) is 4.61. The average Bonchev–Trinajstić information content (AvgIpc) is 2.74. The number of fused-ring (bicyclic) bond motifs is 1. The Bertz CT molecular complexity index is 720. The minimum absolute atomic E-state index is 0.397. The van der Waals surface area contributed by atoms with Gasteiger partial charge in [0.2, 0.25) is 0 Å². The van der Waals surface area contributed by atoms with Crippen LogP contribution in [-0.2, 0) is 13.7 Å². The van der Waals surface area contributed by atoms with Gasteiger partial charge in [-0.1, -0.05) is 6.07 Å². The third-order valence-corrected chi connectivity index (χ3v) is 3.00. The molecule has 0 aliphatic heterocycles. The Balaban J connectivity index is 1.84. The van der Waals surface area contributed by atoms with Crippen molar-refractivity contribution >= 4 is 16.7 Å². The number of imidazole rings is 1. The molecular formula is C14H14N4O. The SMILES string of the molecule is Cn1c(COc2cccc(N)c2)nc2ccncc21. The lowest BCUT2D eigenvalue weighted by Gasteiger charge is -2.06. The fourth-order valence-corrected chi connectivity index (χ4v) is 1.97. The molecule has 5 heteroatoms. The molecule has 5 nitrogen and oxygen atoms in total. The first-order valence-electron chi connectivity index (χ1n) is 5.98. The van der Waals surface area contributed by atoms with Crippen molar-refractivity contribution in [3.63, 3.8) is 0 Å². The number of rotatable bonds is 3. The van der Waals surface area contributed by atoms with Gasteiger partial charge in [-0.3, -0.25) is 4.98 Å². The molecule has 96 valence electrons. The first-order valence-corrected chi connectivity index (χ1v) is 5.98. The van der Waals surface area contributed by atoms with Crippen LogP contribution in [0.4, 0.5) is 5.69 Å². The number of benzene rings is 1. The van der Waals surface area contributed by atoms with Crippen molar-refractivity contribution in [1.82, 2.24) is 14.5 Å². The van der Waals surface area contributed by atoms with Crippen molar-refractivity contribution in [3.8, 4) is 5.75 Å². The Morgan fingerprint density at radius 2 is 2.21 bits per heavy atom. The van der Waals surface area contributed by atoms with E-state index in [9.17, 15) is 0 Å². The minimum atomic E-state index is 0.397. The second-order valence-electron chi connectivity index (χ2n) is 4.31. The number of aryl methyl sites for hydroxylation is 1. The van der Waals surface area contributed by atoms with E-state index >= 15 is 0 Å². The lowest BCUT2D eigenvalue weighted by atomic mass is 10.3. The van der Waals surface area contributed by atoms with Gasteiger partial charge in [-0.25, -0.2) is 4.98 Å². The Hall–Kier alpha value is -2.56. The highest BCUT2D eigenvalue weighted by atomic mass is 16.5. The molecule has 0 atom stereocenters. The summed E-state index contributed by atoms with van der Waals surface area (Å²) in [6.07, 6.45) is 3.53. The Kier molecular flexibility index (Phi) is 2.79. The second-order valence-corrected chi connectivity index (χ2v) is 4.31. The van der Waals surface area contributed by atoms with E-state index in [0.717, 1.165) is 22.6 Å². The van der Waals surface area contributed by atoms with E-state index in [1.807, 2.05) is 35.9 Å². The molecule has 2 N–H and O–H groups in total. The third kappa shape index (κ3) is 2.22. The molecule has 3 aromatic rings. The Labute approximate surface area is 110 Å². The fourth-order valence-electron chi connectivity index (χ4n) is 1.97. The van der Waals surface area contributed by atoms with Gasteiger partial charge < -0.3 is 15.0 Å². The molecule has 0 radical (unpaired) electrons. The summed E-state index contributed by atoms with van der Waals surface area (Å²) in [6, 6.07) is 9.25. The van der Waals surface area contributed by atoms with Crippen molar-refractivity contribution < 1.29 is 4.74 Å². The number of pyridine rings is 1. The first kappa shape index (κ1) is 11.5. The molecule has 0 aliphatic rings. The van der Waals surface area contributed by atoms with E-state index in [2.05, 4.69) is 9.97 Å². The zero-order valence-electron chi connectivity index (χ0n) is 10.6. The van der Waals surface area contributed by atoms with Gasteiger partial charge in [-0.2, -0.15) is 0 Å². The van der Waals surface area contributed by atoms with Crippen LogP contribution in [0.2, 0.25) is 0 Å². The maximum Gasteiger partial charge on any atom is 0.147 e. The molecule has 0 saturated heterocycles. The molecule has 2 aromatic heterocycles. The fraction of sp³-hybridized carbons (Fsp3) is 0.143. The topological polar surface area (TPSA) is 66.0 Å². The van der Waals surface area contributed by atoms with Gasteiger partial charge in [-0.05, 0) is 18.2 Å². The lowest BCUT2D eigenvalue weighted by Crippen LogP contribution is -2.03. The zero-order valence-corrected chi connectivity index (χ0v) is 10.6. The van der Waals surface area contributed by atoms with E-state index < -0.39 is 0 Å². The molecule has 2 heterocycles. The zero-order chi connectivity index (χ0) is 13.2. The molecule has 0 fully saturated rings. The standard InChI is InChI=1S/C14H14N4O/c1-18-13-8-16-6-5-12(13)17-14(18)9-19-11-4-2-3-10(15)7-11/h2-8H,9,15H2,1H3. The van der Waals surface area contributed by atoms with Gasteiger partial charge in [0.15, 0.2) is 0 Å². The van der Waals surface area contributed by atoms with Gasteiger partial charge >= 0.3 is 0 Å². The average molecular weight is 254 g/mol. The van der Waals surface area contributed by atoms with Crippen LogP contribution in [0.15, 0.2) is 42.7 Å². The summed E-state index contributed by atoms with van der Waals surface area (Å²) < 4.78 is 7.68. The highest BCUT2D eigenvalue weighted by Crippen LogP contribution is 2.18. The van der Waals surface area contributed by atoms with Crippen LogP contribution in [0.3, 0.4) is 0 Å². The van der Waals surface area contributed by atoms with Crippen LogP contribution in [0, 0.1) is 0 Å². The quantitative estimate of drug-likeness (QED) is 0.727. The lowest BCUT2D eigenvalue weighted by molar-refractivity contribution is 0.292. The van der Waals surface area contributed by atoms with Crippen molar-refractivity contribution in [1.29, 1.82) is 0 Å². The van der Waals surface area contributed by atoms with Crippen molar-refractivity contribution in [2.24, 2.45) is 7.05 Å². The predicted octanol–water partition coefficient (Wildman–Crippen LogP) is 2.13. The van der Waals surface area contributed by atoms with E-state index in [1.165, 1.54) is 0 Å². The summed E-state index contributed by atoms with van der Waals surface area (Å²) in [5, 5.41) is 0. The molecule has 0 saturated carbocycles. The van der Waals surface area contributed by atoms with Crippen molar-refractivity contribution in [3.05, 3.63) is 48.5 Å². The molecular weight excluding hydrogens is 240 g/mol. The summed E-state index contributed by atoms with van der Waals surface area (Å²) in [4.78, 5) is 8.62. The number of hydrogen-bond acceptors (Lipinski definition) is 4. The number of nitrogen functional groups attached to an aromatic ring is 1. The van der Waals surface area contributed by atoms with E-state index in [0.29, 0.717) is 12.3 Å². The summed E-state index contributed by atoms with van der Waals surface area (Å²) in [5.41, 5.74) is 8.31. The molecule has 19 heavy (non-hydrogen) atoms. The summed E-state index contributed by atoms with van der Waals surface area (Å²) in [5.74, 6) is 1.59. The first-order chi connectivity index (χ1) is 9.24. The number of nitrogens with zero attached hydrogens (tertiary/aromatic N) is 3. The molecule has 0 spiro atoms. The molecule has 1 aromatic carbocycles. The highest BCUT2D eigenvalue weighted by molar-refractivity contribution is 5.74. The number of aromatic nitrogens is 3. The Morgan fingerprint density at radius 1 is 1.32 bits per heavy atom. The maximum atomic E-state index is 5.71. The minimum Gasteiger partial charge on any atom is -0.486 e. The summed E-state index contributed by atoms with van der Waals surface area (Å²) in [6.45, 7) is 0.397. The smallest absolute Gasteiger partial charge is 0.147 e. The maximum absolute atomic E-state index is 5.71. The van der Waals surface area contributed by atoms with Crippen LogP contribution in [-0.4, -0.2) is 14.5 Å². The largest absolute Gasteiger partial charge is 0.486 e. The van der Waals surface area contributed by atoms with Gasteiger partial charge in [0.25, 0.3) is 0 Å². The number of anilines is 1. The van der Waals surface area contributed by atoms with Crippen LogP contribution in [0.25, 0.3) is 11.0 Å². The van der Waals surface area contributed by atoms with Gasteiger partial charge in [-0.15, -0.1) is 0 Å². The number of nitrogens with two attached hydrogens (primary N) is 1. The molecule has 0 bridgehead atoms. The van der Waals surface area contributed by atoms with Crippen LogP contribution >= 0.6 is 0 Å². The van der Waals surface area contributed by atoms with Crippen LogP contribution in [0.5, 0.6) is 5.75 Å². The Morgan fingerprint density at radius 3 is 3.00 bits per heavy atom. The highest BCUT2D eigenvalue weighted by Gasteiger charge is 2.07. The molecule has 0 aliphatic carbocycles. The summed E-state index contributed by atoms with van der Waals surface area (Å²) >= 11 is 0. The van der Waals surface area contributed by atoms with Crippen LogP contribution < -0.4 is 10.5 Å². The monoisotopic (exact) mass is 254 g/mol. The van der Waals surface area contributed by atoms with Crippen molar-refractivity contribution in [2.75, 3.05) is 5.73 Å². The molecule has 0 unspecified atom stereocenters. The predicted molar refractivity (Wildman–Crippen MR) is 73.7 cm³/mol. The molecule has 3 rings (SSSR count). The number of ether oxygens (including phenoxy) is 1. The normalized spacial score (nSPS) is 10.8. The summed E-state index contributed by atoms with van der Waals surface area (Å²) in [7, 11) is 1.95.